The van der Waals surface area contributed by atoms with Gasteiger partial charge in [0.2, 0.25) is 0 Å². The van der Waals surface area contributed by atoms with E-state index in [4.69, 9.17) is 23.2 Å². The summed E-state index contributed by atoms with van der Waals surface area (Å²) in [5.74, 6) is 1.69. The van der Waals surface area contributed by atoms with Crippen molar-refractivity contribution >= 4 is 35.0 Å². The summed E-state index contributed by atoms with van der Waals surface area (Å²) >= 11 is 13.6. The Hall–Kier alpha value is 0.0400. The molecule has 2 unspecified atom stereocenters. The second kappa shape index (κ2) is 7.59. The van der Waals surface area contributed by atoms with Crippen LogP contribution < -0.4 is 5.32 Å². The van der Waals surface area contributed by atoms with Crippen molar-refractivity contribution in [3.63, 3.8) is 0 Å². The van der Waals surface area contributed by atoms with Gasteiger partial charge in [-0.25, -0.2) is 4.39 Å². The maximum absolute atomic E-state index is 13.4. The molecule has 1 rings (SSSR count). The molecular formula is C13H18Cl2FNS. The molecule has 0 amide bonds. The highest BCUT2D eigenvalue weighted by Crippen LogP contribution is 2.28. The molecule has 18 heavy (non-hydrogen) atoms. The number of halogens is 3. The van der Waals surface area contributed by atoms with Gasteiger partial charge in [0.05, 0.1) is 5.02 Å². The van der Waals surface area contributed by atoms with Gasteiger partial charge in [-0.05, 0) is 37.3 Å². The summed E-state index contributed by atoms with van der Waals surface area (Å²) in [6.45, 7) is 6.22. The molecule has 0 spiro atoms. The smallest absolute Gasteiger partial charge is 0.142 e. The van der Waals surface area contributed by atoms with E-state index < -0.39 is 5.82 Å². The Morgan fingerprint density at radius 3 is 2.56 bits per heavy atom. The van der Waals surface area contributed by atoms with Crippen LogP contribution >= 0.6 is 35.0 Å². The molecule has 1 nitrogen and oxygen atoms in total. The van der Waals surface area contributed by atoms with E-state index in [0.717, 1.165) is 17.1 Å². The highest BCUT2D eigenvalue weighted by atomic mass is 35.5. The van der Waals surface area contributed by atoms with E-state index in [9.17, 15) is 4.39 Å². The number of hydrogen-bond donors (Lipinski definition) is 1. The Morgan fingerprint density at radius 1 is 1.28 bits per heavy atom. The number of thioether (sulfide) groups is 1. The first-order chi connectivity index (χ1) is 8.45. The lowest BCUT2D eigenvalue weighted by Gasteiger charge is -2.21. The SMILES string of the molecule is CCSCC(C)NC(C)c1cc(F)c(Cl)cc1Cl. The quantitative estimate of drug-likeness (QED) is 0.748. The van der Waals surface area contributed by atoms with Crippen molar-refractivity contribution in [2.24, 2.45) is 0 Å². The fourth-order valence-electron chi connectivity index (χ4n) is 1.73. The minimum atomic E-state index is -0.430. The van der Waals surface area contributed by atoms with Gasteiger partial charge < -0.3 is 5.32 Å². The molecule has 0 aromatic heterocycles. The third kappa shape index (κ3) is 4.61. The molecule has 102 valence electrons. The predicted octanol–water partition coefficient (Wildman–Crippen LogP) is 4.92. The summed E-state index contributed by atoms with van der Waals surface area (Å²) in [7, 11) is 0. The molecule has 0 aliphatic carbocycles. The van der Waals surface area contributed by atoms with Crippen molar-refractivity contribution in [1.82, 2.24) is 5.32 Å². The Labute approximate surface area is 122 Å². The van der Waals surface area contributed by atoms with Crippen LogP contribution in [0.1, 0.15) is 32.4 Å². The highest BCUT2D eigenvalue weighted by Gasteiger charge is 2.15. The van der Waals surface area contributed by atoms with E-state index in [0.29, 0.717) is 11.1 Å². The third-order valence-electron chi connectivity index (χ3n) is 2.61. The van der Waals surface area contributed by atoms with E-state index in [1.807, 2.05) is 18.7 Å². The fourth-order valence-corrected chi connectivity index (χ4v) is 2.96. The van der Waals surface area contributed by atoms with Crippen LogP contribution in [-0.4, -0.2) is 17.5 Å². The van der Waals surface area contributed by atoms with E-state index in [1.165, 1.54) is 12.1 Å². The van der Waals surface area contributed by atoms with Crippen LogP contribution in [0, 0.1) is 5.82 Å². The molecule has 0 radical (unpaired) electrons. The number of benzene rings is 1. The summed E-state index contributed by atoms with van der Waals surface area (Å²) in [6, 6.07) is 3.20. The zero-order chi connectivity index (χ0) is 13.7. The normalized spacial score (nSPS) is 14.6. The standard InChI is InChI=1S/C13H18Cl2FNS/c1-4-18-7-8(2)17-9(3)10-5-13(16)12(15)6-11(10)14/h5-6,8-9,17H,4,7H2,1-3H3. The number of nitrogens with one attached hydrogen (secondary N) is 1. The minimum absolute atomic E-state index is 0.00303. The molecule has 1 aromatic rings. The molecular weight excluding hydrogens is 292 g/mol. The molecule has 0 fully saturated rings. The average Bonchev–Trinajstić information content (AvgIpc) is 2.31. The Morgan fingerprint density at radius 2 is 1.94 bits per heavy atom. The molecule has 1 aromatic carbocycles. The van der Waals surface area contributed by atoms with Gasteiger partial charge in [0.1, 0.15) is 5.82 Å². The summed E-state index contributed by atoms with van der Waals surface area (Å²) < 4.78 is 13.4. The van der Waals surface area contributed by atoms with Gasteiger partial charge in [-0.15, -0.1) is 0 Å². The van der Waals surface area contributed by atoms with Gasteiger partial charge in [0.25, 0.3) is 0 Å². The second-order valence-electron chi connectivity index (χ2n) is 4.24. The van der Waals surface area contributed by atoms with Gasteiger partial charge in [-0.2, -0.15) is 11.8 Å². The van der Waals surface area contributed by atoms with Crippen molar-refractivity contribution in [2.45, 2.75) is 32.9 Å². The molecule has 0 aliphatic rings. The molecule has 2 atom stereocenters. The molecule has 0 saturated heterocycles. The van der Waals surface area contributed by atoms with Crippen LogP contribution in [0.15, 0.2) is 12.1 Å². The average molecular weight is 310 g/mol. The number of hydrogen-bond acceptors (Lipinski definition) is 2. The monoisotopic (exact) mass is 309 g/mol. The highest BCUT2D eigenvalue weighted by molar-refractivity contribution is 7.99. The molecule has 1 N–H and O–H groups in total. The Balaban J connectivity index is 2.72. The summed E-state index contributed by atoms with van der Waals surface area (Å²) in [4.78, 5) is 0. The van der Waals surface area contributed by atoms with E-state index in [-0.39, 0.29) is 11.1 Å². The van der Waals surface area contributed by atoms with Crippen molar-refractivity contribution in [3.8, 4) is 0 Å². The maximum Gasteiger partial charge on any atom is 0.142 e. The van der Waals surface area contributed by atoms with Gasteiger partial charge in [-0.1, -0.05) is 30.1 Å². The third-order valence-corrected chi connectivity index (χ3v) is 4.37. The molecule has 0 aliphatic heterocycles. The van der Waals surface area contributed by atoms with Crippen LogP contribution in [0.2, 0.25) is 10.0 Å². The molecule has 5 heteroatoms. The molecule has 0 saturated carbocycles. The summed E-state index contributed by atoms with van der Waals surface area (Å²) in [5.41, 5.74) is 0.743. The minimum Gasteiger partial charge on any atom is -0.307 e. The van der Waals surface area contributed by atoms with Crippen LogP contribution in [0.3, 0.4) is 0 Å². The molecule has 0 heterocycles. The van der Waals surface area contributed by atoms with E-state index in [2.05, 4.69) is 19.2 Å². The lowest BCUT2D eigenvalue weighted by atomic mass is 10.1. The van der Waals surface area contributed by atoms with Crippen LogP contribution in [0.4, 0.5) is 4.39 Å². The summed E-state index contributed by atoms with van der Waals surface area (Å²) in [5, 5.41) is 3.96. The lowest BCUT2D eigenvalue weighted by molar-refractivity contribution is 0.508. The topological polar surface area (TPSA) is 12.0 Å². The van der Waals surface area contributed by atoms with E-state index >= 15 is 0 Å². The fraction of sp³-hybridized carbons (Fsp3) is 0.538. The van der Waals surface area contributed by atoms with Crippen molar-refractivity contribution in [2.75, 3.05) is 11.5 Å². The van der Waals surface area contributed by atoms with Crippen LogP contribution in [0.25, 0.3) is 0 Å². The first kappa shape index (κ1) is 16.1. The first-order valence-corrected chi connectivity index (χ1v) is 7.85. The van der Waals surface area contributed by atoms with Gasteiger partial charge >= 0.3 is 0 Å². The first-order valence-electron chi connectivity index (χ1n) is 5.94. The van der Waals surface area contributed by atoms with Crippen molar-refractivity contribution in [3.05, 3.63) is 33.6 Å². The largest absolute Gasteiger partial charge is 0.307 e. The second-order valence-corrected chi connectivity index (χ2v) is 6.37. The predicted molar refractivity (Wildman–Crippen MR) is 80.4 cm³/mol. The van der Waals surface area contributed by atoms with Crippen LogP contribution in [0.5, 0.6) is 0 Å². The lowest BCUT2D eigenvalue weighted by Crippen LogP contribution is -2.31. The summed E-state index contributed by atoms with van der Waals surface area (Å²) in [6.07, 6.45) is 0. The van der Waals surface area contributed by atoms with Gasteiger partial charge in [0, 0.05) is 22.9 Å². The van der Waals surface area contributed by atoms with Crippen molar-refractivity contribution < 1.29 is 4.39 Å². The maximum atomic E-state index is 13.4. The zero-order valence-electron chi connectivity index (χ0n) is 10.8. The van der Waals surface area contributed by atoms with E-state index in [1.54, 1.807) is 0 Å². The number of rotatable bonds is 6. The Bertz CT molecular complexity index is 401. The van der Waals surface area contributed by atoms with Crippen molar-refractivity contribution in [1.29, 1.82) is 0 Å². The molecule has 0 bridgehead atoms. The van der Waals surface area contributed by atoms with Gasteiger partial charge in [0.15, 0.2) is 0 Å². The Kier molecular flexibility index (Phi) is 6.78. The van der Waals surface area contributed by atoms with Crippen LogP contribution in [-0.2, 0) is 0 Å². The zero-order valence-corrected chi connectivity index (χ0v) is 13.1. The van der Waals surface area contributed by atoms with Gasteiger partial charge in [-0.3, -0.25) is 0 Å².